The topological polar surface area (TPSA) is 70.5 Å². The van der Waals surface area contributed by atoms with Gasteiger partial charge in [-0.2, -0.15) is 0 Å². The first-order chi connectivity index (χ1) is 14.0. The molecule has 7 nitrogen and oxygen atoms in total. The molecule has 0 spiro atoms. The fraction of sp³-hybridized carbons (Fsp3) is 0.500. The molecule has 1 saturated heterocycles. The quantitative estimate of drug-likeness (QED) is 0.806. The first kappa shape index (κ1) is 19.6. The van der Waals surface area contributed by atoms with E-state index in [-0.39, 0.29) is 11.8 Å². The summed E-state index contributed by atoms with van der Waals surface area (Å²) in [6, 6.07) is 8.26. The fourth-order valence-corrected chi connectivity index (χ4v) is 3.90. The molecule has 154 valence electrons. The van der Waals surface area contributed by atoms with Crippen LogP contribution >= 0.6 is 0 Å². The van der Waals surface area contributed by atoms with E-state index in [9.17, 15) is 9.59 Å². The molecule has 0 atom stereocenters. The molecule has 2 aliphatic rings. The third-order valence-corrected chi connectivity index (χ3v) is 5.82. The molecule has 3 heterocycles. The zero-order chi connectivity index (χ0) is 20.4. The van der Waals surface area contributed by atoms with Gasteiger partial charge in [-0.3, -0.25) is 19.5 Å². The molecule has 29 heavy (non-hydrogen) atoms. The van der Waals surface area contributed by atoms with Gasteiger partial charge in [0, 0.05) is 49.8 Å². The first-order valence-corrected chi connectivity index (χ1v) is 10.4. The van der Waals surface area contributed by atoms with Crippen LogP contribution in [0, 0.1) is 13.8 Å². The first-order valence-electron chi connectivity index (χ1n) is 10.4. The molecule has 0 radical (unpaired) electrons. The molecule has 2 aromatic heterocycles. The normalized spacial score (nSPS) is 17.4. The minimum Gasteiger partial charge on any atom is -0.352 e. The van der Waals surface area contributed by atoms with Crippen molar-refractivity contribution in [2.45, 2.75) is 39.3 Å². The maximum atomic E-state index is 13.1. The van der Waals surface area contributed by atoms with E-state index >= 15 is 0 Å². The van der Waals surface area contributed by atoms with Gasteiger partial charge in [-0.05, 0) is 44.9 Å². The zero-order valence-electron chi connectivity index (χ0n) is 17.2. The van der Waals surface area contributed by atoms with Crippen LogP contribution in [0.3, 0.4) is 0 Å². The van der Waals surface area contributed by atoms with Gasteiger partial charge in [0.15, 0.2) is 0 Å². The van der Waals surface area contributed by atoms with Crippen LogP contribution in [0.1, 0.15) is 40.3 Å². The smallest absolute Gasteiger partial charge is 0.255 e. The predicted octanol–water partition coefficient (Wildman–Crippen LogP) is 1.58. The molecule has 1 N–H and O–H groups in total. The number of piperazine rings is 1. The summed E-state index contributed by atoms with van der Waals surface area (Å²) in [6.07, 6.45) is 4.00. The van der Waals surface area contributed by atoms with E-state index in [1.807, 2.05) is 43.0 Å². The summed E-state index contributed by atoms with van der Waals surface area (Å²) in [4.78, 5) is 33.5. The van der Waals surface area contributed by atoms with Crippen molar-refractivity contribution in [3.8, 4) is 0 Å². The Morgan fingerprint density at radius 3 is 2.55 bits per heavy atom. The van der Waals surface area contributed by atoms with Crippen LogP contribution in [0.15, 0.2) is 30.5 Å². The highest BCUT2D eigenvalue weighted by Crippen LogP contribution is 2.20. The number of pyridine rings is 1. The Bertz CT molecular complexity index is 880. The van der Waals surface area contributed by atoms with Crippen molar-refractivity contribution in [2.24, 2.45) is 0 Å². The number of nitrogens with zero attached hydrogens (tertiary/aromatic N) is 4. The summed E-state index contributed by atoms with van der Waals surface area (Å²) in [5, 5.41) is 3.03. The van der Waals surface area contributed by atoms with Gasteiger partial charge in [0.2, 0.25) is 5.91 Å². The molecule has 1 aliphatic carbocycles. The average molecular weight is 396 g/mol. The van der Waals surface area contributed by atoms with E-state index < -0.39 is 0 Å². The van der Waals surface area contributed by atoms with Crippen molar-refractivity contribution >= 4 is 11.8 Å². The minimum absolute atomic E-state index is 0.0763. The Labute approximate surface area is 171 Å². The number of aromatic nitrogens is 2. The van der Waals surface area contributed by atoms with Gasteiger partial charge in [0.25, 0.3) is 5.91 Å². The number of aryl methyl sites for hydroxylation is 1. The van der Waals surface area contributed by atoms with Gasteiger partial charge < -0.3 is 14.8 Å². The SMILES string of the molecule is Cc1cc(C(=O)N2CCN(CC(=O)NC3CC3)CC2)c(C)n1Cc1ccccn1. The number of hydrogen-bond donors (Lipinski definition) is 1. The van der Waals surface area contributed by atoms with Crippen molar-refractivity contribution in [3.63, 3.8) is 0 Å². The maximum absolute atomic E-state index is 13.1. The van der Waals surface area contributed by atoms with Crippen molar-refractivity contribution < 1.29 is 9.59 Å². The molecule has 0 unspecified atom stereocenters. The lowest BCUT2D eigenvalue weighted by atomic mass is 10.2. The van der Waals surface area contributed by atoms with Gasteiger partial charge in [0.05, 0.1) is 24.3 Å². The van der Waals surface area contributed by atoms with Gasteiger partial charge >= 0.3 is 0 Å². The van der Waals surface area contributed by atoms with Gasteiger partial charge in [-0.1, -0.05) is 6.07 Å². The van der Waals surface area contributed by atoms with Crippen molar-refractivity contribution in [3.05, 3.63) is 53.1 Å². The van der Waals surface area contributed by atoms with Crippen LogP contribution in [0.2, 0.25) is 0 Å². The third kappa shape index (κ3) is 4.67. The number of carbonyl (C=O) groups is 2. The molecule has 2 fully saturated rings. The molecule has 0 bridgehead atoms. The van der Waals surface area contributed by atoms with Crippen LogP contribution in [-0.4, -0.2) is 69.9 Å². The number of nitrogens with one attached hydrogen (secondary N) is 1. The lowest BCUT2D eigenvalue weighted by Crippen LogP contribution is -2.51. The second kappa shape index (κ2) is 8.37. The second-order valence-corrected chi connectivity index (χ2v) is 8.10. The van der Waals surface area contributed by atoms with Crippen molar-refractivity contribution in [1.29, 1.82) is 0 Å². The standard InChI is InChI=1S/C22H29N5O2/c1-16-13-20(17(2)27(16)14-19-5-3-4-8-23-19)22(29)26-11-9-25(10-12-26)15-21(28)24-18-6-7-18/h3-5,8,13,18H,6-7,9-12,14-15H2,1-2H3,(H,24,28). The summed E-state index contributed by atoms with van der Waals surface area (Å²) in [5.41, 5.74) is 3.78. The lowest BCUT2D eigenvalue weighted by molar-refractivity contribution is -0.122. The van der Waals surface area contributed by atoms with Crippen LogP contribution in [0.25, 0.3) is 0 Å². The average Bonchev–Trinajstić information content (AvgIpc) is 3.49. The Hall–Kier alpha value is -2.67. The number of amides is 2. The van der Waals surface area contributed by atoms with Crippen molar-refractivity contribution in [2.75, 3.05) is 32.7 Å². The van der Waals surface area contributed by atoms with Crippen LogP contribution in [0.5, 0.6) is 0 Å². The van der Waals surface area contributed by atoms with E-state index in [1.54, 1.807) is 6.20 Å². The Balaban J connectivity index is 1.36. The summed E-state index contributed by atoms with van der Waals surface area (Å²) in [6.45, 7) is 7.89. The molecular weight excluding hydrogens is 366 g/mol. The third-order valence-electron chi connectivity index (χ3n) is 5.82. The number of carbonyl (C=O) groups excluding carboxylic acids is 2. The Morgan fingerprint density at radius 2 is 1.90 bits per heavy atom. The summed E-state index contributed by atoms with van der Waals surface area (Å²) in [7, 11) is 0. The second-order valence-electron chi connectivity index (χ2n) is 8.10. The van der Waals surface area contributed by atoms with Gasteiger partial charge in [0.1, 0.15) is 0 Å². The molecule has 0 aromatic carbocycles. The summed E-state index contributed by atoms with van der Waals surface area (Å²) >= 11 is 0. The fourth-order valence-electron chi connectivity index (χ4n) is 3.90. The Kier molecular flexibility index (Phi) is 5.67. The molecule has 2 aromatic rings. The highest BCUT2D eigenvalue weighted by molar-refractivity contribution is 5.95. The van der Waals surface area contributed by atoms with Gasteiger partial charge in [-0.15, -0.1) is 0 Å². The van der Waals surface area contributed by atoms with Crippen LogP contribution in [0.4, 0.5) is 0 Å². The van der Waals surface area contributed by atoms with E-state index in [0.717, 1.165) is 48.6 Å². The molecule has 1 aliphatic heterocycles. The molecule has 4 rings (SSSR count). The highest BCUT2D eigenvalue weighted by Gasteiger charge is 2.28. The van der Waals surface area contributed by atoms with Crippen molar-refractivity contribution in [1.82, 2.24) is 24.7 Å². The Morgan fingerprint density at radius 1 is 1.14 bits per heavy atom. The largest absolute Gasteiger partial charge is 0.352 e. The molecule has 7 heteroatoms. The lowest BCUT2D eigenvalue weighted by Gasteiger charge is -2.34. The number of rotatable bonds is 6. The summed E-state index contributed by atoms with van der Waals surface area (Å²) in [5.74, 6) is 0.179. The number of hydrogen-bond acceptors (Lipinski definition) is 4. The predicted molar refractivity (Wildman–Crippen MR) is 111 cm³/mol. The maximum Gasteiger partial charge on any atom is 0.255 e. The van der Waals surface area contributed by atoms with E-state index in [1.165, 1.54) is 0 Å². The molecule has 1 saturated carbocycles. The summed E-state index contributed by atoms with van der Waals surface area (Å²) < 4.78 is 2.15. The van der Waals surface area contributed by atoms with Gasteiger partial charge in [-0.25, -0.2) is 0 Å². The monoisotopic (exact) mass is 395 g/mol. The van der Waals surface area contributed by atoms with Crippen LogP contribution in [-0.2, 0) is 11.3 Å². The zero-order valence-corrected chi connectivity index (χ0v) is 17.2. The molecular formula is C22H29N5O2. The van der Waals surface area contributed by atoms with E-state index in [0.29, 0.717) is 32.2 Å². The molecule has 2 amide bonds. The van der Waals surface area contributed by atoms with E-state index in [2.05, 4.69) is 19.8 Å². The van der Waals surface area contributed by atoms with E-state index in [4.69, 9.17) is 0 Å². The van der Waals surface area contributed by atoms with Crippen LogP contribution < -0.4 is 5.32 Å². The minimum atomic E-state index is 0.0763. The highest BCUT2D eigenvalue weighted by atomic mass is 16.2.